The maximum atomic E-state index is 2.36. The molecule has 0 unspecified atom stereocenters. The van der Waals surface area contributed by atoms with Crippen LogP contribution in [-0.4, -0.2) is 31.7 Å². The minimum atomic E-state index is 0.983. The highest BCUT2D eigenvalue weighted by Gasteiger charge is 2.22. The van der Waals surface area contributed by atoms with Crippen molar-refractivity contribution in [1.29, 1.82) is 0 Å². The van der Waals surface area contributed by atoms with Gasteiger partial charge < -0.3 is 4.48 Å². The molecular weight excluding hydrogens is 110 g/mol. The first-order valence-electron chi connectivity index (χ1n) is 3.92. The summed E-state index contributed by atoms with van der Waals surface area (Å²) in [5.74, 6) is 0.983. The molecule has 0 aromatic heterocycles. The molecule has 1 aliphatic rings. The van der Waals surface area contributed by atoms with Gasteiger partial charge in [0.2, 0.25) is 0 Å². The zero-order valence-corrected chi connectivity index (χ0v) is 6.85. The standard InChI is InChI=1S/C8H18N/c1-8-4-6-9(2,3)7-5-8/h8H,4-7H2,1-3H3/q+1. The second kappa shape index (κ2) is 2.30. The van der Waals surface area contributed by atoms with Gasteiger partial charge in [0.1, 0.15) is 0 Å². The van der Waals surface area contributed by atoms with Gasteiger partial charge >= 0.3 is 0 Å². The maximum Gasteiger partial charge on any atom is 0.0785 e. The molecule has 0 aromatic rings. The predicted octanol–water partition coefficient (Wildman–Crippen LogP) is 1.49. The van der Waals surface area contributed by atoms with Crippen molar-refractivity contribution in [1.82, 2.24) is 0 Å². The van der Waals surface area contributed by atoms with Gasteiger partial charge in [-0.1, -0.05) is 6.92 Å². The van der Waals surface area contributed by atoms with Crippen LogP contribution in [0.4, 0.5) is 0 Å². The Morgan fingerprint density at radius 3 is 1.89 bits per heavy atom. The van der Waals surface area contributed by atoms with E-state index < -0.39 is 0 Å². The first-order chi connectivity index (χ1) is 4.10. The third-order valence-corrected chi connectivity index (χ3v) is 2.45. The third kappa shape index (κ3) is 1.98. The van der Waals surface area contributed by atoms with Crippen molar-refractivity contribution in [2.24, 2.45) is 5.92 Å². The number of rotatable bonds is 0. The van der Waals surface area contributed by atoms with E-state index in [9.17, 15) is 0 Å². The Hall–Kier alpha value is -0.0400. The molecule has 0 radical (unpaired) electrons. The lowest BCUT2D eigenvalue weighted by Gasteiger charge is -2.35. The highest BCUT2D eigenvalue weighted by atomic mass is 15.3. The molecular formula is C8H18N+. The Morgan fingerprint density at radius 1 is 1.11 bits per heavy atom. The molecule has 1 fully saturated rings. The summed E-state index contributed by atoms with van der Waals surface area (Å²) in [6.07, 6.45) is 2.85. The Labute approximate surface area is 58.3 Å². The molecule has 1 saturated heterocycles. The Morgan fingerprint density at radius 2 is 1.56 bits per heavy atom. The Balaban J connectivity index is 2.35. The molecule has 0 spiro atoms. The van der Waals surface area contributed by atoms with E-state index in [-0.39, 0.29) is 0 Å². The van der Waals surface area contributed by atoms with Crippen LogP contribution in [0, 0.1) is 5.92 Å². The van der Waals surface area contributed by atoms with Crippen LogP contribution in [-0.2, 0) is 0 Å². The van der Waals surface area contributed by atoms with Crippen molar-refractivity contribution >= 4 is 0 Å². The fraction of sp³-hybridized carbons (Fsp3) is 1.00. The smallest absolute Gasteiger partial charge is 0.0785 e. The molecule has 1 rings (SSSR count). The summed E-state index contributed by atoms with van der Waals surface area (Å²) in [6, 6.07) is 0. The van der Waals surface area contributed by atoms with Gasteiger partial charge in [-0.15, -0.1) is 0 Å². The van der Waals surface area contributed by atoms with Crippen LogP contribution in [0.15, 0.2) is 0 Å². The van der Waals surface area contributed by atoms with E-state index in [1.54, 1.807) is 0 Å². The van der Waals surface area contributed by atoms with Gasteiger partial charge in [-0.05, 0) is 18.8 Å². The van der Waals surface area contributed by atoms with Crippen molar-refractivity contribution in [2.45, 2.75) is 19.8 Å². The summed E-state index contributed by atoms with van der Waals surface area (Å²) in [4.78, 5) is 0. The van der Waals surface area contributed by atoms with E-state index in [2.05, 4.69) is 21.0 Å². The molecule has 0 saturated carbocycles. The topological polar surface area (TPSA) is 0 Å². The van der Waals surface area contributed by atoms with Crippen molar-refractivity contribution in [3.63, 3.8) is 0 Å². The number of piperidine rings is 1. The normalized spacial score (nSPS) is 28.3. The molecule has 1 nitrogen and oxygen atoms in total. The largest absolute Gasteiger partial charge is 0.328 e. The SMILES string of the molecule is CC1CC[N+](C)(C)CC1. The predicted molar refractivity (Wildman–Crippen MR) is 40.2 cm³/mol. The molecule has 0 N–H and O–H groups in total. The summed E-state index contributed by atoms with van der Waals surface area (Å²) in [5, 5.41) is 0. The number of nitrogens with zero attached hydrogens (tertiary/aromatic N) is 1. The van der Waals surface area contributed by atoms with Crippen LogP contribution in [0.25, 0.3) is 0 Å². The molecule has 0 aliphatic carbocycles. The summed E-state index contributed by atoms with van der Waals surface area (Å²) < 4.78 is 1.24. The summed E-state index contributed by atoms with van der Waals surface area (Å²) in [6.45, 7) is 5.11. The van der Waals surface area contributed by atoms with E-state index in [0.717, 1.165) is 5.92 Å². The van der Waals surface area contributed by atoms with Crippen LogP contribution in [0.1, 0.15) is 19.8 Å². The molecule has 1 heterocycles. The average molecular weight is 128 g/mol. The second-order valence-electron chi connectivity index (χ2n) is 4.07. The van der Waals surface area contributed by atoms with Gasteiger partial charge in [-0.3, -0.25) is 0 Å². The van der Waals surface area contributed by atoms with Crippen molar-refractivity contribution < 1.29 is 4.48 Å². The second-order valence-corrected chi connectivity index (χ2v) is 4.07. The number of hydrogen-bond acceptors (Lipinski definition) is 0. The molecule has 9 heavy (non-hydrogen) atoms. The maximum absolute atomic E-state index is 2.36. The monoisotopic (exact) mass is 128 g/mol. The van der Waals surface area contributed by atoms with Crippen LogP contribution in [0.2, 0.25) is 0 Å². The van der Waals surface area contributed by atoms with Gasteiger partial charge in [0.25, 0.3) is 0 Å². The Bertz CT molecular complexity index is 86.7. The van der Waals surface area contributed by atoms with E-state index in [4.69, 9.17) is 0 Å². The molecule has 1 heteroatoms. The Kier molecular flexibility index (Phi) is 1.80. The van der Waals surface area contributed by atoms with E-state index in [1.807, 2.05) is 0 Å². The summed E-state index contributed by atoms with van der Waals surface area (Å²) >= 11 is 0. The fourth-order valence-electron chi connectivity index (χ4n) is 1.40. The number of likely N-dealkylation sites (tertiary alicyclic amines) is 1. The van der Waals surface area contributed by atoms with Crippen LogP contribution >= 0.6 is 0 Å². The van der Waals surface area contributed by atoms with Crippen LogP contribution in [0.3, 0.4) is 0 Å². The minimum Gasteiger partial charge on any atom is -0.328 e. The van der Waals surface area contributed by atoms with E-state index in [0.29, 0.717) is 0 Å². The minimum absolute atomic E-state index is 0.983. The van der Waals surface area contributed by atoms with Crippen LogP contribution in [0.5, 0.6) is 0 Å². The first kappa shape index (κ1) is 7.07. The number of hydrogen-bond donors (Lipinski definition) is 0. The van der Waals surface area contributed by atoms with Gasteiger partial charge in [0.05, 0.1) is 27.2 Å². The average Bonchev–Trinajstić information content (AvgIpc) is 1.78. The van der Waals surface area contributed by atoms with E-state index in [1.165, 1.54) is 30.4 Å². The molecule has 0 atom stereocenters. The third-order valence-electron chi connectivity index (χ3n) is 2.45. The fourth-order valence-corrected chi connectivity index (χ4v) is 1.40. The molecule has 1 aliphatic heterocycles. The van der Waals surface area contributed by atoms with Crippen LogP contribution < -0.4 is 0 Å². The molecule has 54 valence electrons. The lowest BCUT2D eigenvalue weighted by molar-refractivity contribution is -0.896. The molecule has 0 bridgehead atoms. The van der Waals surface area contributed by atoms with Crippen molar-refractivity contribution in [2.75, 3.05) is 27.2 Å². The van der Waals surface area contributed by atoms with Gasteiger partial charge in [-0.2, -0.15) is 0 Å². The van der Waals surface area contributed by atoms with Crippen molar-refractivity contribution in [3.8, 4) is 0 Å². The highest BCUT2D eigenvalue weighted by molar-refractivity contribution is 4.57. The quantitative estimate of drug-likeness (QED) is 0.434. The zero-order valence-electron chi connectivity index (χ0n) is 6.85. The molecule has 0 aromatic carbocycles. The lowest BCUT2D eigenvalue weighted by Crippen LogP contribution is -2.45. The van der Waals surface area contributed by atoms with E-state index >= 15 is 0 Å². The summed E-state index contributed by atoms with van der Waals surface area (Å²) in [5.41, 5.74) is 0. The van der Waals surface area contributed by atoms with Crippen molar-refractivity contribution in [3.05, 3.63) is 0 Å². The number of quaternary nitrogens is 1. The van der Waals surface area contributed by atoms with Gasteiger partial charge in [-0.25, -0.2) is 0 Å². The van der Waals surface area contributed by atoms with Gasteiger partial charge in [0.15, 0.2) is 0 Å². The van der Waals surface area contributed by atoms with Gasteiger partial charge in [0, 0.05) is 0 Å². The lowest BCUT2D eigenvalue weighted by atomic mass is 9.98. The first-order valence-corrected chi connectivity index (χ1v) is 3.92. The highest BCUT2D eigenvalue weighted by Crippen LogP contribution is 2.18. The molecule has 0 amide bonds. The summed E-state index contributed by atoms with van der Waals surface area (Å²) in [7, 11) is 4.65. The zero-order chi connectivity index (χ0) is 6.91.